The normalized spacial score (nSPS) is 23.0. The molecule has 0 spiro atoms. The highest BCUT2D eigenvalue weighted by Crippen LogP contribution is 2.39. The lowest BCUT2D eigenvalue weighted by atomic mass is 10.0. The van der Waals surface area contributed by atoms with Gasteiger partial charge in [-0.2, -0.15) is 26.3 Å². The first-order valence-electron chi connectivity index (χ1n) is 6.20. The maximum atomic E-state index is 12.8. The Morgan fingerprint density at radius 1 is 1.14 bits per heavy atom. The van der Waals surface area contributed by atoms with E-state index in [0.29, 0.717) is 11.0 Å². The fraction of sp³-hybridized carbons (Fsp3) is 0.462. The molecular weight excluding hydrogens is 316 g/mol. The van der Waals surface area contributed by atoms with Gasteiger partial charge >= 0.3 is 12.4 Å². The van der Waals surface area contributed by atoms with Crippen LogP contribution in [0.4, 0.5) is 26.3 Å². The van der Waals surface area contributed by atoms with Crippen molar-refractivity contribution < 1.29 is 36.2 Å². The molecule has 0 saturated carbocycles. The molecule has 0 aromatic heterocycles. The van der Waals surface area contributed by atoms with Gasteiger partial charge < -0.3 is 10.0 Å². The Labute approximate surface area is 121 Å². The SMILES string of the molecule is O=C(c1ccccc1C(F)(F)F)N1CCC(O)(C(F)(F)F)C1. The molecule has 2 rings (SSSR count). The predicted octanol–water partition coefficient (Wildman–Crippen LogP) is 2.84. The number of carbonyl (C=O) groups is 1. The highest BCUT2D eigenvalue weighted by molar-refractivity contribution is 5.96. The van der Waals surface area contributed by atoms with E-state index in [4.69, 9.17) is 0 Å². The smallest absolute Gasteiger partial charge is 0.379 e. The summed E-state index contributed by atoms with van der Waals surface area (Å²) in [7, 11) is 0. The van der Waals surface area contributed by atoms with E-state index in [1.54, 1.807) is 0 Å². The van der Waals surface area contributed by atoms with Crippen molar-refractivity contribution in [3.8, 4) is 0 Å². The minimum absolute atomic E-state index is 0.471. The number of hydrogen-bond acceptors (Lipinski definition) is 2. The molecule has 1 amide bonds. The Hall–Kier alpha value is -1.77. The summed E-state index contributed by atoms with van der Waals surface area (Å²) in [4.78, 5) is 12.7. The number of rotatable bonds is 1. The zero-order chi connectivity index (χ0) is 16.8. The molecule has 0 bridgehead atoms. The molecule has 3 nitrogen and oxygen atoms in total. The van der Waals surface area contributed by atoms with Crippen LogP contribution in [0.2, 0.25) is 0 Å². The van der Waals surface area contributed by atoms with E-state index < -0.39 is 54.5 Å². The monoisotopic (exact) mass is 327 g/mol. The molecule has 1 aromatic rings. The second-order valence-electron chi connectivity index (χ2n) is 5.05. The van der Waals surface area contributed by atoms with Gasteiger partial charge in [-0.3, -0.25) is 4.79 Å². The van der Waals surface area contributed by atoms with Crippen LogP contribution in [-0.2, 0) is 6.18 Å². The third-order valence-electron chi connectivity index (χ3n) is 3.53. The maximum absolute atomic E-state index is 12.8. The Morgan fingerprint density at radius 2 is 1.73 bits per heavy atom. The number of benzene rings is 1. The summed E-state index contributed by atoms with van der Waals surface area (Å²) >= 11 is 0. The summed E-state index contributed by atoms with van der Waals surface area (Å²) in [5, 5.41) is 9.48. The number of likely N-dealkylation sites (tertiary alicyclic amines) is 1. The summed E-state index contributed by atoms with van der Waals surface area (Å²) < 4.78 is 76.6. The lowest BCUT2D eigenvalue weighted by Gasteiger charge is -2.26. The molecule has 1 saturated heterocycles. The predicted molar refractivity (Wildman–Crippen MR) is 63.0 cm³/mol. The summed E-state index contributed by atoms with van der Waals surface area (Å²) in [6.45, 7) is -1.55. The number of alkyl halides is 6. The average Bonchev–Trinajstić information content (AvgIpc) is 2.80. The molecule has 1 fully saturated rings. The van der Waals surface area contributed by atoms with Crippen LogP contribution in [0.3, 0.4) is 0 Å². The van der Waals surface area contributed by atoms with Crippen LogP contribution in [0, 0.1) is 0 Å². The summed E-state index contributed by atoms with van der Waals surface area (Å²) in [6, 6.07) is 3.85. The standard InChI is InChI=1S/C13H11F6NO2/c14-12(15,16)9-4-2-1-3-8(9)10(21)20-6-5-11(22,7-20)13(17,18)19/h1-4,22H,5-7H2. The first-order valence-corrected chi connectivity index (χ1v) is 6.20. The van der Waals surface area contributed by atoms with Gasteiger partial charge in [0.2, 0.25) is 0 Å². The van der Waals surface area contributed by atoms with Gasteiger partial charge in [-0.1, -0.05) is 12.1 Å². The van der Waals surface area contributed by atoms with Crippen molar-refractivity contribution in [1.29, 1.82) is 0 Å². The van der Waals surface area contributed by atoms with E-state index >= 15 is 0 Å². The first kappa shape index (κ1) is 16.6. The van der Waals surface area contributed by atoms with E-state index in [9.17, 15) is 36.2 Å². The fourth-order valence-corrected chi connectivity index (χ4v) is 2.29. The molecule has 9 heteroatoms. The van der Waals surface area contributed by atoms with Gasteiger partial charge in [0.25, 0.3) is 5.91 Å². The molecule has 122 valence electrons. The topological polar surface area (TPSA) is 40.5 Å². The number of aliphatic hydroxyl groups is 1. The zero-order valence-corrected chi connectivity index (χ0v) is 11.0. The molecule has 1 unspecified atom stereocenters. The molecule has 1 aliphatic heterocycles. The highest BCUT2D eigenvalue weighted by atomic mass is 19.4. The van der Waals surface area contributed by atoms with Crippen LogP contribution >= 0.6 is 0 Å². The van der Waals surface area contributed by atoms with Gasteiger partial charge in [0.15, 0.2) is 5.60 Å². The Balaban J connectivity index is 2.29. The van der Waals surface area contributed by atoms with Gasteiger partial charge in [0.1, 0.15) is 0 Å². The average molecular weight is 327 g/mol. The van der Waals surface area contributed by atoms with Crippen molar-refractivity contribution in [2.75, 3.05) is 13.1 Å². The van der Waals surface area contributed by atoms with Gasteiger partial charge in [-0.25, -0.2) is 0 Å². The van der Waals surface area contributed by atoms with E-state index in [-0.39, 0.29) is 0 Å². The molecule has 0 radical (unpaired) electrons. The molecular formula is C13H11F6NO2. The van der Waals surface area contributed by atoms with Gasteiger partial charge in [-0.05, 0) is 12.1 Å². The molecule has 1 aromatic carbocycles. The number of carbonyl (C=O) groups excluding carboxylic acids is 1. The van der Waals surface area contributed by atoms with Crippen LogP contribution in [0.1, 0.15) is 22.3 Å². The van der Waals surface area contributed by atoms with Crippen LogP contribution in [0.5, 0.6) is 0 Å². The van der Waals surface area contributed by atoms with Crippen LogP contribution in [0.25, 0.3) is 0 Å². The first-order chi connectivity index (χ1) is 9.96. The Kier molecular flexibility index (Phi) is 3.88. The van der Waals surface area contributed by atoms with Crippen LogP contribution in [-0.4, -0.2) is 40.8 Å². The largest absolute Gasteiger partial charge is 0.419 e. The summed E-state index contributed by atoms with van der Waals surface area (Å²) in [6.07, 6.45) is -10.5. The second-order valence-corrected chi connectivity index (χ2v) is 5.05. The van der Waals surface area contributed by atoms with E-state index in [2.05, 4.69) is 0 Å². The lowest BCUT2D eigenvalue weighted by Crippen LogP contribution is -2.48. The van der Waals surface area contributed by atoms with Crippen LogP contribution in [0.15, 0.2) is 24.3 Å². The molecule has 1 N–H and O–H groups in total. The Morgan fingerprint density at radius 3 is 2.23 bits per heavy atom. The lowest BCUT2D eigenvalue weighted by molar-refractivity contribution is -0.253. The fourth-order valence-electron chi connectivity index (χ4n) is 2.29. The number of hydrogen-bond donors (Lipinski definition) is 1. The molecule has 22 heavy (non-hydrogen) atoms. The zero-order valence-electron chi connectivity index (χ0n) is 11.0. The minimum Gasteiger partial charge on any atom is -0.379 e. The Bertz CT molecular complexity index is 583. The van der Waals surface area contributed by atoms with Crippen molar-refractivity contribution in [2.24, 2.45) is 0 Å². The van der Waals surface area contributed by atoms with Crippen molar-refractivity contribution >= 4 is 5.91 Å². The third-order valence-corrected chi connectivity index (χ3v) is 3.53. The van der Waals surface area contributed by atoms with E-state index in [0.717, 1.165) is 12.1 Å². The number of halogens is 6. The van der Waals surface area contributed by atoms with Crippen molar-refractivity contribution in [1.82, 2.24) is 4.90 Å². The van der Waals surface area contributed by atoms with E-state index in [1.165, 1.54) is 6.07 Å². The molecule has 1 heterocycles. The second kappa shape index (κ2) is 5.15. The van der Waals surface area contributed by atoms with Gasteiger partial charge in [0.05, 0.1) is 17.7 Å². The number of β-amino-alcohol motifs (C(OH)–C–C–N with tert-alkyl or cyclic N) is 1. The van der Waals surface area contributed by atoms with Crippen molar-refractivity contribution in [2.45, 2.75) is 24.4 Å². The van der Waals surface area contributed by atoms with Crippen molar-refractivity contribution in [3.05, 3.63) is 35.4 Å². The quantitative estimate of drug-likeness (QED) is 0.806. The molecule has 0 aliphatic carbocycles. The van der Waals surface area contributed by atoms with Gasteiger partial charge in [0, 0.05) is 13.0 Å². The third kappa shape index (κ3) is 2.90. The summed E-state index contributed by atoms with van der Waals surface area (Å²) in [5.74, 6) is -1.19. The highest BCUT2D eigenvalue weighted by Gasteiger charge is 2.58. The van der Waals surface area contributed by atoms with Crippen molar-refractivity contribution in [3.63, 3.8) is 0 Å². The van der Waals surface area contributed by atoms with Crippen LogP contribution < -0.4 is 0 Å². The number of nitrogens with zero attached hydrogens (tertiary/aromatic N) is 1. The van der Waals surface area contributed by atoms with Gasteiger partial charge in [-0.15, -0.1) is 0 Å². The molecule has 1 atom stereocenters. The number of amides is 1. The molecule has 1 aliphatic rings. The van der Waals surface area contributed by atoms with E-state index in [1.807, 2.05) is 0 Å². The minimum atomic E-state index is -4.95. The maximum Gasteiger partial charge on any atom is 0.419 e. The summed E-state index contributed by atoms with van der Waals surface area (Å²) in [5.41, 5.74) is -5.04.